The molecule has 1 aromatic rings. The third-order valence-electron chi connectivity index (χ3n) is 2.72. The monoisotopic (exact) mass is 262 g/mol. The molecule has 0 aromatic heterocycles. The molecule has 19 heavy (non-hydrogen) atoms. The Bertz CT molecular complexity index is 265. The zero-order chi connectivity index (χ0) is 14.9. The van der Waals surface area contributed by atoms with Gasteiger partial charge in [0.1, 0.15) is 0 Å². The second-order valence-electron chi connectivity index (χ2n) is 4.59. The molecule has 0 heterocycles. The van der Waals surface area contributed by atoms with Crippen molar-refractivity contribution in [1.29, 1.82) is 0 Å². The smallest absolute Gasteiger partial charge is 0.0260 e. The Balaban J connectivity index is 0. The highest BCUT2D eigenvalue weighted by molar-refractivity contribution is 5.47. The summed E-state index contributed by atoms with van der Waals surface area (Å²) in [5.74, 6) is 0.963. The van der Waals surface area contributed by atoms with E-state index in [-0.39, 0.29) is 0 Å². The standard InChI is InChI=1S/C9H10.C8H18.C2H6/c1-2-6-9-7-4-3-5-8-9;1-4-6-8(3)7-5-2;1-2/h2-8H,1H3;8H,4-7H2,1-3H3;1-2H3/b6-2+;;. The summed E-state index contributed by atoms with van der Waals surface area (Å²) in [6.45, 7) is 12.9. The van der Waals surface area contributed by atoms with E-state index < -0.39 is 0 Å². The number of hydrogen-bond acceptors (Lipinski definition) is 0. The van der Waals surface area contributed by atoms with Crippen molar-refractivity contribution >= 4 is 6.08 Å². The van der Waals surface area contributed by atoms with Gasteiger partial charge in [0.05, 0.1) is 0 Å². The number of rotatable bonds is 5. The maximum absolute atomic E-state index is 2.34. The van der Waals surface area contributed by atoms with Crippen LogP contribution in [-0.2, 0) is 0 Å². The van der Waals surface area contributed by atoms with Gasteiger partial charge in [0.2, 0.25) is 0 Å². The number of benzene rings is 1. The molecule has 0 bridgehead atoms. The van der Waals surface area contributed by atoms with Gasteiger partial charge < -0.3 is 0 Å². The van der Waals surface area contributed by atoms with Gasteiger partial charge in [-0.1, -0.05) is 103 Å². The average molecular weight is 262 g/mol. The van der Waals surface area contributed by atoms with Crippen molar-refractivity contribution in [1.82, 2.24) is 0 Å². The summed E-state index contributed by atoms with van der Waals surface area (Å²) >= 11 is 0. The van der Waals surface area contributed by atoms with E-state index in [0.717, 1.165) is 5.92 Å². The molecule has 0 radical (unpaired) electrons. The van der Waals surface area contributed by atoms with E-state index in [1.165, 1.54) is 31.2 Å². The van der Waals surface area contributed by atoms with E-state index in [0.29, 0.717) is 0 Å². The molecule has 110 valence electrons. The summed E-state index contributed by atoms with van der Waals surface area (Å²) in [6, 6.07) is 10.3. The molecule has 0 aliphatic heterocycles. The van der Waals surface area contributed by atoms with Gasteiger partial charge in [-0.05, 0) is 18.4 Å². The quantitative estimate of drug-likeness (QED) is 0.537. The van der Waals surface area contributed by atoms with Crippen LogP contribution in [0.2, 0.25) is 0 Å². The van der Waals surface area contributed by atoms with E-state index >= 15 is 0 Å². The summed E-state index contributed by atoms with van der Waals surface area (Å²) in [6.07, 6.45) is 9.64. The van der Waals surface area contributed by atoms with Crippen LogP contribution >= 0.6 is 0 Å². The van der Waals surface area contributed by atoms with Crippen molar-refractivity contribution in [3.8, 4) is 0 Å². The Kier molecular flexibility index (Phi) is 18.1. The van der Waals surface area contributed by atoms with Gasteiger partial charge in [0.25, 0.3) is 0 Å². The molecule has 0 nitrogen and oxygen atoms in total. The zero-order valence-electron chi connectivity index (χ0n) is 13.9. The highest BCUT2D eigenvalue weighted by Gasteiger charge is 1.95. The first-order valence-electron chi connectivity index (χ1n) is 7.92. The van der Waals surface area contributed by atoms with Crippen LogP contribution in [0.25, 0.3) is 6.08 Å². The molecule has 0 N–H and O–H groups in total. The molecule has 0 atom stereocenters. The Morgan fingerprint density at radius 3 is 1.79 bits per heavy atom. The predicted molar refractivity (Wildman–Crippen MR) is 91.5 cm³/mol. The van der Waals surface area contributed by atoms with Crippen molar-refractivity contribution in [2.45, 2.75) is 67.2 Å². The summed E-state index contributed by atoms with van der Waals surface area (Å²) in [5, 5.41) is 0. The minimum atomic E-state index is 0.963. The highest BCUT2D eigenvalue weighted by Crippen LogP contribution is 2.10. The lowest BCUT2D eigenvalue weighted by atomic mass is 10.0. The fraction of sp³-hybridized carbons (Fsp3) is 0.579. The second kappa shape index (κ2) is 17.0. The van der Waals surface area contributed by atoms with Crippen LogP contribution in [0.15, 0.2) is 36.4 Å². The first-order valence-corrected chi connectivity index (χ1v) is 7.92. The van der Waals surface area contributed by atoms with Crippen LogP contribution < -0.4 is 0 Å². The minimum absolute atomic E-state index is 0.963. The lowest BCUT2D eigenvalue weighted by molar-refractivity contribution is 0.480. The third-order valence-corrected chi connectivity index (χ3v) is 2.72. The molecule has 0 spiro atoms. The molecule has 0 saturated carbocycles. The van der Waals surface area contributed by atoms with Gasteiger partial charge >= 0.3 is 0 Å². The van der Waals surface area contributed by atoms with Crippen molar-refractivity contribution in [3.05, 3.63) is 42.0 Å². The molecular formula is C19H34. The fourth-order valence-electron chi connectivity index (χ4n) is 1.89. The van der Waals surface area contributed by atoms with Crippen LogP contribution in [0.1, 0.15) is 72.8 Å². The average Bonchev–Trinajstić information content (AvgIpc) is 2.44. The molecule has 0 fully saturated rings. The zero-order valence-corrected chi connectivity index (χ0v) is 13.9. The van der Waals surface area contributed by atoms with Gasteiger partial charge in [-0.2, -0.15) is 0 Å². The van der Waals surface area contributed by atoms with Gasteiger partial charge in [-0.15, -0.1) is 0 Å². The van der Waals surface area contributed by atoms with E-state index in [1.54, 1.807) is 0 Å². The van der Waals surface area contributed by atoms with Gasteiger partial charge in [-0.25, -0.2) is 0 Å². The van der Waals surface area contributed by atoms with Crippen molar-refractivity contribution in [3.63, 3.8) is 0 Å². The topological polar surface area (TPSA) is 0 Å². The van der Waals surface area contributed by atoms with Gasteiger partial charge in [-0.3, -0.25) is 0 Å². The van der Waals surface area contributed by atoms with Crippen LogP contribution in [0.4, 0.5) is 0 Å². The fourth-order valence-corrected chi connectivity index (χ4v) is 1.89. The SMILES string of the molecule is C/C=C/c1ccccc1.CC.CCCC(C)CCC. The van der Waals surface area contributed by atoms with Crippen LogP contribution in [-0.4, -0.2) is 0 Å². The Morgan fingerprint density at radius 1 is 0.947 bits per heavy atom. The maximum atomic E-state index is 2.34. The van der Waals surface area contributed by atoms with E-state index in [4.69, 9.17) is 0 Å². The lowest BCUT2D eigenvalue weighted by Crippen LogP contribution is -1.91. The van der Waals surface area contributed by atoms with Gasteiger partial charge in [0, 0.05) is 0 Å². The van der Waals surface area contributed by atoms with Crippen LogP contribution in [0, 0.1) is 5.92 Å². The predicted octanol–water partition coefficient (Wildman–Crippen LogP) is 6.97. The number of hydrogen-bond donors (Lipinski definition) is 0. The van der Waals surface area contributed by atoms with Crippen molar-refractivity contribution in [2.24, 2.45) is 5.92 Å². The van der Waals surface area contributed by atoms with E-state index in [1.807, 2.05) is 45.0 Å². The van der Waals surface area contributed by atoms with Crippen LogP contribution in [0.3, 0.4) is 0 Å². The summed E-state index contributed by atoms with van der Waals surface area (Å²) in [5.41, 5.74) is 1.26. The molecule has 1 rings (SSSR count). The largest absolute Gasteiger partial charge is 0.0871 e. The van der Waals surface area contributed by atoms with Crippen molar-refractivity contribution in [2.75, 3.05) is 0 Å². The van der Waals surface area contributed by atoms with E-state index in [9.17, 15) is 0 Å². The first-order chi connectivity index (χ1) is 9.24. The van der Waals surface area contributed by atoms with Crippen LogP contribution in [0.5, 0.6) is 0 Å². The summed E-state index contributed by atoms with van der Waals surface area (Å²) in [4.78, 5) is 0. The first kappa shape index (κ1) is 20.3. The maximum Gasteiger partial charge on any atom is -0.0260 e. The van der Waals surface area contributed by atoms with Crippen molar-refractivity contribution < 1.29 is 0 Å². The Labute approximate surface area is 121 Å². The molecule has 0 amide bonds. The normalized spacial score (nSPS) is 9.63. The Morgan fingerprint density at radius 2 is 1.42 bits per heavy atom. The minimum Gasteiger partial charge on any atom is -0.0871 e. The second-order valence-corrected chi connectivity index (χ2v) is 4.59. The molecule has 0 aliphatic carbocycles. The molecule has 0 saturated heterocycles. The lowest BCUT2D eigenvalue weighted by Gasteiger charge is -2.05. The molecule has 1 aromatic carbocycles. The van der Waals surface area contributed by atoms with Gasteiger partial charge in [0.15, 0.2) is 0 Å². The molecule has 0 heteroatoms. The summed E-state index contributed by atoms with van der Waals surface area (Å²) < 4.78 is 0. The molecular weight excluding hydrogens is 228 g/mol. The molecule has 0 unspecified atom stereocenters. The number of allylic oxidation sites excluding steroid dienone is 1. The van der Waals surface area contributed by atoms with E-state index in [2.05, 4.69) is 39.0 Å². The molecule has 0 aliphatic rings. The summed E-state index contributed by atoms with van der Waals surface area (Å²) in [7, 11) is 0. The Hall–Kier alpha value is -1.04. The third kappa shape index (κ3) is 14.9. The highest BCUT2D eigenvalue weighted by atomic mass is 14.0.